The van der Waals surface area contributed by atoms with Gasteiger partial charge in [-0.25, -0.2) is 26.3 Å². The molecule has 0 heterocycles. The molecule has 23 heavy (non-hydrogen) atoms. The van der Waals surface area contributed by atoms with Crippen molar-refractivity contribution in [3.8, 4) is 11.5 Å². The zero-order chi connectivity index (χ0) is 17.3. The zero-order valence-electron chi connectivity index (χ0n) is 10.7. The lowest BCUT2D eigenvalue weighted by molar-refractivity contribution is 0.361. The molecule has 0 saturated heterocycles. The molecule has 2 aromatic carbocycles. The van der Waals surface area contributed by atoms with E-state index in [-0.39, 0.29) is 12.1 Å². The molecule has 0 spiro atoms. The normalized spacial score (nSPS) is 10.6. The lowest BCUT2D eigenvalue weighted by Gasteiger charge is -2.10. The topological polar surface area (TPSA) is 18.5 Å². The lowest BCUT2D eigenvalue weighted by Crippen LogP contribution is -2.15. The van der Waals surface area contributed by atoms with E-state index >= 15 is 0 Å². The monoisotopic (exact) mass is 342 g/mol. The summed E-state index contributed by atoms with van der Waals surface area (Å²) in [5.41, 5.74) is 0. The fraction of sp³-hybridized carbons (Fsp3) is 0. The van der Waals surface area contributed by atoms with Crippen molar-refractivity contribution in [1.82, 2.24) is 0 Å². The highest BCUT2D eigenvalue weighted by atomic mass is 19.2. The van der Waals surface area contributed by atoms with Crippen molar-refractivity contribution >= 4 is 7.69 Å². The summed E-state index contributed by atoms with van der Waals surface area (Å²) < 4.78 is 112. The van der Waals surface area contributed by atoms with E-state index in [0.29, 0.717) is 0 Å². The Bertz CT molecular complexity index is 704. The maximum atomic E-state index is 13.2. The van der Waals surface area contributed by atoms with E-state index in [1.165, 1.54) is 0 Å². The van der Waals surface area contributed by atoms with Crippen LogP contribution in [0.5, 0.6) is 11.5 Å². The first-order valence-corrected chi connectivity index (χ1v) is 5.65. The highest BCUT2D eigenvalue weighted by molar-refractivity contribution is 6.20. The molecule has 2 rings (SSSR count). The summed E-state index contributed by atoms with van der Waals surface area (Å²) in [6.45, 7) is 0. The van der Waals surface area contributed by atoms with Gasteiger partial charge >= 0.3 is 7.69 Å². The molecule has 0 atom stereocenters. The molecular weight excluding hydrogens is 339 g/mol. The van der Waals surface area contributed by atoms with Crippen LogP contribution in [-0.2, 0) is 0 Å². The summed E-state index contributed by atoms with van der Waals surface area (Å²) in [5.74, 6) is -18.1. The Kier molecular flexibility index (Phi) is 4.67. The van der Waals surface area contributed by atoms with Crippen molar-refractivity contribution < 1.29 is 44.4 Å². The molecule has 0 aliphatic heterocycles. The van der Waals surface area contributed by atoms with E-state index < -0.39 is 65.7 Å². The second-order valence-electron chi connectivity index (χ2n) is 4.00. The quantitative estimate of drug-likeness (QED) is 0.366. The Hall–Kier alpha value is -2.46. The Morgan fingerprint density at radius 2 is 0.870 bits per heavy atom. The molecule has 0 aliphatic carbocycles. The van der Waals surface area contributed by atoms with Gasteiger partial charge in [-0.1, -0.05) is 0 Å². The summed E-state index contributed by atoms with van der Waals surface area (Å²) in [6, 6.07) is 0.276. The molecule has 2 nitrogen and oxygen atoms in total. The maximum absolute atomic E-state index is 13.2. The summed E-state index contributed by atoms with van der Waals surface area (Å²) in [4.78, 5) is 0. The molecule has 0 saturated carbocycles. The molecular formula is C12H3BF8O2. The van der Waals surface area contributed by atoms with E-state index in [4.69, 9.17) is 0 Å². The molecule has 122 valence electrons. The van der Waals surface area contributed by atoms with E-state index in [0.717, 1.165) is 0 Å². The molecule has 11 heteroatoms. The molecule has 0 amide bonds. The Balaban J connectivity index is 2.15. The fourth-order valence-corrected chi connectivity index (χ4v) is 1.47. The Labute approximate surface area is 123 Å². The van der Waals surface area contributed by atoms with Gasteiger partial charge in [0.2, 0.25) is 23.3 Å². The van der Waals surface area contributed by atoms with Gasteiger partial charge < -0.3 is 9.31 Å². The van der Waals surface area contributed by atoms with Gasteiger partial charge in [-0.2, -0.15) is 8.78 Å². The van der Waals surface area contributed by atoms with Gasteiger partial charge in [0, 0.05) is 12.1 Å². The van der Waals surface area contributed by atoms with Crippen molar-refractivity contribution in [1.29, 1.82) is 0 Å². The minimum Gasteiger partial charge on any atom is -0.526 e. The average Bonchev–Trinajstić information content (AvgIpc) is 2.52. The second kappa shape index (κ2) is 6.35. The van der Waals surface area contributed by atoms with Crippen LogP contribution in [-0.4, -0.2) is 7.69 Å². The Morgan fingerprint density at radius 3 is 1.22 bits per heavy atom. The van der Waals surface area contributed by atoms with Gasteiger partial charge in [-0.05, 0) is 0 Å². The standard InChI is InChI=1S/C12H3BF8O2/c14-3-1-5(9(18)11(20)7(3)16)22-13-23-6-2-4(15)8(17)12(21)10(6)19/h1-2,13H. The van der Waals surface area contributed by atoms with Crippen LogP contribution in [0.3, 0.4) is 0 Å². The van der Waals surface area contributed by atoms with Crippen LogP contribution in [0.15, 0.2) is 12.1 Å². The third kappa shape index (κ3) is 3.17. The van der Waals surface area contributed by atoms with Gasteiger partial charge in [-0.15, -0.1) is 0 Å². The van der Waals surface area contributed by atoms with Crippen molar-refractivity contribution in [3.63, 3.8) is 0 Å². The fourth-order valence-electron chi connectivity index (χ4n) is 1.47. The molecule has 0 radical (unpaired) electrons. The number of hydrogen-bond donors (Lipinski definition) is 0. The van der Waals surface area contributed by atoms with E-state index in [2.05, 4.69) is 9.31 Å². The molecule has 0 N–H and O–H groups in total. The smallest absolute Gasteiger partial charge is 0.526 e. The summed E-state index contributed by atoms with van der Waals surface area (Å²) in [5, 5.41) is 0. The van der Waals surface area contributed by atoms with Gasteiger partial charge in [-0.3, -0.25) is 0 Å². The second-order valence-corrected chi connectivity index (χ2v) is 4.00. The highest BCUT2D eigenvalue weighted by Crippen LogP contribution is 2.26. The van der Waals surface area contributed by atoms with Crippen molar-refractivity contribution in [2.75, 3.05) is 0 Å². The molecule has 0 aromatic heterocycles. The number of benzene rings is 2. The predicted molar refractivity (Wildman–Crippen MR) is 61.0 cm³/mol. The van der Waals surface area contributed by atoms with Crippen LogP contribution in [0.2, 0.25) is 0 Å². The van der Waals surface area contributed by atoms with Crippen LogP contribution >= 0.6 is 0 Å². The number of rotatable bonds is 4. The zero-order valence-corrected chi connectivity index (χ0v) is 10.7. The minimum absolute atomic E-state index is 0.138. The highest BCUT2D eigenvalue weighted by Gasteiger charge is 2.22. The molecule has 0 bridgehead atoms. The van der Waals surface area contributed by atoms with Gasteiger partial charge in [0.15, 0.2) is 23.3 Å². The molecule has 0 unspecified atom stereocenters. The van der Waals surface area contributed by atoms with Gasteiger partial charge in [0.05, 0.1) is 0 Å². The van der Waals surface area contributed by atoms with Gasteiger partial charge in [0.25, 0.3) is 0 Å². The first-order chi connectivity index (χ1) is 10.7. The largest absolute Gasteiger partial charge is 0.576 e. The molecule has 0 aliphatic rings. The first-order valence-electron chi connectivity index (χ1n) is 5.65. The lowest BCUT2D eigenvalue weighted by atomic mass is 10.2. The van der Waals surface area contributed by atoms with Crippen molar-refractivity contribution in [2.45, 2.75) is 0 Å². The van der Waals surface area contributed by atoms with Crippen LogP contribution < -0.4 is 9.31 Å². The SMILES string of the molecule is Fc1cc(OBOc2cc(F)c(F)c(F)c2F)c(F)c(F)c1F. The maximum Gasteiger partial charge on any atom is 0.576 e. The van der Waals surface area contributed by atoms with Gasteiger partial charge in [0.1, 0.15) is 11.5 Å². The summed E-state index contributed by atoms with van der Waals surface area (Å²) >= 11 is 0. The summed E-state index contributed by atoms with van der Waals surface area (Å²) in [6.07, 6.45) is 0. The molecule has 2 aromatic rings. The number of halogens is 8. The minimum atomic E-state index is -2.16. The van der Waals surface area contributed by atoms with Crippen LogP contribution in [0.25, 0.3) is 0 Å². The van der Waals surface area contributed by atoms with Crippen molar-refractivity contribution in [2.24, 2.45) is 0 Å². The third-order valence-electron chi connectivity index (χ3n) is 2.57. The average molecular weight is 342 g/mol. The van der Waals surface area contributed by atoms with E-state index in [1.54, 1.807) is 0 Å². The Morgan fingerprint density at radius 1 is 0.522 bits per heavy atom. The predicted octanol–water partition coefficient (Wildman–Crippen LogP) is 3.52. The van der Waals surface area contributed by atoms with Crippen molar-refractivity contribution in [3.05, 3.63) is 58.7 Å². The van der Waals surface area contributed by atoms with E-state index in [1.807, 2.05) is 0 Å². The van der Waals surface area contributed by atoms with Crippen LogP contribution in [0, 0.1) is 46.5 Å². The first kappa shape index (κ1) is 16.9. The number of hydrogen-bond acceptors (Lipinski definition) is 2. The third-order valence-corrected chi connectivity index (χ3v) is 2.57. The summed E-state index contributed by atoms with van der Waals surface area (Å²) in [7, 11) is -1.16. The van der Waals surface area contributed by atoms with E-state index in [9.17, 15) is 35.1 Å². The van der Waals surface area contributed by atoms with Crippen LogP contribution in [0.1, 0.15) is 0 Å². The van der Waals surface area contributed by atoms with Crippen LogP contribution in [0.4, 0.5) is 35.1 Å². The molecule has 0 fully saturated rings.